The minimum Gasteiger partial charge on any atom is -0.872 e. The Bertz CT molecular complexity index is 1150. The average Bonchev–Trinajstić information content (AvgIpc) is 2.99. The van der Waals surface area contributed by atoms with Crippen molar-refractivity contribution in [2.24, 2.45) is 0 Å². The van der Waals surface area contributed by atoms with Crippen LogP contribution in [-0.2, 0) is 16.1 Å². The summed E-state index contributed by atoms with van der Waals surface area (Å²) in [7, 11) is 0. The summed E-state index contributed by atoms with van der Waals surface area (Å²) in [5, 5.41) is 13.9. The van der Waals surface area contributed by atoms with Gasteiger partial charge >= 0.3 is 0 Å². The molecule has 0 bridgehead atoms. The van der Waals surface area contributed by atoms with E-state index in [0.717, 1.165) is 5.56 Å². The molecule has 1 aliphatic rings. The SMILES string of the molecule is O=C1C(=O)N(Cc2ccc[nH+]c2)C(c2ccc(Cl)cc2Cl)C1=C([O-])c1ccccc1. The largest absolute Gasteiger partial charge is 0.872 e. The standard InChI is InChI=1S/C23H16Cl2N2O3/c24-16-8-9-17(18(25)11-16)20-19(21(28)15-6-2-1-3-7-15)22(29)23(30)27(20)13-14-5-4-10-26-12-14/h1-12,20,28H,13H2. The highest BCUT2D eigenvalue weighted by Crippen LogP contribution is 2.42. The number of hydrogen-bond donors (Lipinski definition) is 0. The van der Waals surface area contributed by atoms with Crippen molar-refractivity contribution < 1.29 is 19.7 Å². The number of nitrogens with one attached hydrogen (secondary N) is 1. The summed E-state index contributed by atoms with van der Waals surface area (Å²) in [6.07, 6.45) is 3.47. The van der Waals surface area contributed by atoms with Gasteiger partial charge in [0, 0.05) is 27.2 Å². The van der Waals surface area contributed by atoms with Gasteiger partial charge in [-0.2, -0.15) is 0 Å². The van der Waals surface area contributed by atoms with E-state index in [1.165, 1.54) is 11.0 Å². The molecule has 3 aromatic rings. The van der Waals surface area contributed by atoms with Crippen LogP contribution in [0.2, 0.25) is 10.0 Å². The highest BCUT2D eigenvalue weighted by molar-refractivity contribution is 6.47. The number of hydrogen-bond acceptors (Lipinski definition) is 3. The molecule has 1 aromatic heterocycles. The number of aromatic amines is 1. The zero-order valence-corrected chi connectivity index (χ0v) is 17.2. The van der Waals surface area contributed by atoms with Crippen LogP contribution in [0.3, 0.4) is 0 Å². The average molecular weight is 439 g/mol. The van der Waals surface area contributed by atoms with Gasteiger partial charge in [0.05, 0.1) is 12.6 Å². The summed E-state index contributed by atoms with van der Waals surface area (Å²) in [6, 6.07) is 15.9. The first-order valence-electron chi connectivity index (χ1n) is 9.19. The fourth-order valence-electron chi connectivity index (χ4n) is 3.55. The molecule has 0 aliphatic carbocycles. The van der Waals surface area contributed by atoms with Crippen LogP contribution in [0.4, 0.5) is 0 Å². The fourth-order valence-corrected chi connectivity index (χ4v) is 4.06. The maximum Gasteiger partial charge on any atom is 0.295 e. The second-order valence-corrected chi connectivity index (χ2v) is 7.69. The topological polar surface area (TPSA) is 74.6 Å². The molecule has 4 rings (SSSR count). The van der Waals surface area contributed by atoms with Crippen LogP contribution in [0.5, 0.6) is 0 Å². The number of H-pyrrole nitrogens is 1. The molecule has 30 heavy (non-hydrogen) atoms. The van der Waals surface area contributed by atoms with Crippen molar-refractivity contribution in [3.63, 3.8) is 0 Å². The van der Waals surface area contributed by atoms with Crippen LogP contribution < -0.4 is 10.1 Å². The van der Waals surface area contributed by atoms with Gasteiger partial charge in [-0.1, -0.05) is 65.4 Å². The first-order valence-corrected chi connectivity index (χ1v) is 9.95. The lowest BCUT2D eigenvalue weighted by atomic mass is 9.95. The van der Waals surface area contributed by atoms with E-state index < -0.39 is 23.5 Å². The number of aromatic nitrogens is 1. The first kappa shape index (κ1) is 20.1. The summed E-state index contributed by atoms with van der Waals surface area (Å²) in [6.45, 7) is 0.136. The zero-order valence-electron chi connectivity index (χ0n) is 15.6. The van der Waals surface area contributed by atoms with Crippen LogP contribution >= 0.6 is 23.2 Å². The van der Waals surface area contributed by atoms with E-state index in [1.807, 2.05) is 6.07 Å². The van der Waals surface area contributed by atoms with Gasteiger partial charge in [0.15, 0.2) is 12.4 Å². The number of pyridine rings is 1. The van der Waals surface area contributed by atoms with Crippen molar-refractivity contribution in [2.45, 2.75) is 12.6 Å². The van der Waals surface area contributed by atoms with E-state index in [9.17, 15) is 14.7 Å². The first-order chi connectivity index (χ1) is 14.5. The van der Waals surface area contributed by atoms with Crippen molar-refractivity contribution in [2.75, 3.05) is 0 Å². The normalized spacial score (nSPS) is 18.1. The number of rotatable bonds is 4. The minimum absolute atomic E-state index is 0.115. The predicted molar refractivity (Wildman–Crippen MR) is 111 cm³/mol. The smallest absolute Gasteiger partial charge is 0.295 e. The summed E-state index contributed by atoms with van der Waals surface area (Å²) in [5.41, 5.74) is 1.47. The quantitative estimate of drug-likeness (QED) is 0.356. The second kappa shape index (κ2) is 8.30. The highest BCUT2D eigenvalue weighted by atomic mass is 35.5. The van der Waals surface area contributed by atoms with Crippen molar-refractivity contribution in [1.29, 1.82) is 0 Å². The monoisotopic (exact) mass is 438 g/mol. The number of benzene rings is 2. The molecule has 1 fully saturated rings. The number of nitrogens with zero attached hydrogens (tertiary/aromatic N) is 1. The Kier molecular flexibility index (Phi) is 5.57. The molecule has 2 heterocycles. The van der Waals surface area contributed by atoms with Crippen LogP contribution in [0, 0.1) is 0 Å². The van der Waals surface area contributed by atoms with Gasteiger partial charge < -0.3 is 10.0 Å². The van der Waals surface area contributed by atoms with Crippen LogP contribution in [-0.4, -0.2) is 16.6 Å². The molecule has 150 valence electrons. The molecule has 1 saturated heterocycles. The predicted octanol–water partition coefficient (Wildman–Crippen LogP) is 3.23. The number of amides is 1. The van der Waals surface area contributed by atoms with E-state index in [4.69, 9.17) is 23.2 Å². The van der Waals surface area contributed by atoms with E-state index in [1.54, 1.807) is 60.9 Å². The van der Waals surface area contributed by atoms with Crippen LogP contribution in [0.25, 0.3) is 5.76 Å². The minimum atomic E-state index is -0.914. The van der Waals surface area contributed by atoms with Crippen LogP contribution in [0.1, 0.15) is 22.7 Å². The Morgan fingerprint density at radius 3 is 2.47 bits per heavy atom. The molecule has 1 N–H and O–H groups in total. The molecule has 2 aromatic carbocycles. The third-order valence-electron chi connectivity index (χ3n) is 4.95. The van der Waals surface area contributed by atoms with Gasteiger partial charge in [-0.05, 0) is 29.3 Å². The van der Waals surface area contributed by atoms with Crippen molar-refractivity contribution in [3.05, 3.63) is 105 Å². The number of likely N-dealkylation sites (tertiary alicyclic amines) is 1. The molecule has 1 unspecified atom stereocenters. The summed E-state index contributed by atoms with van der Waals surface area (Å²) in [4.78, 5) is 30.2. The maximum atomic E-state index is 13.3. The lowest BCUT2D eigenvalue weighted by Gasteiger charge is -2.28. The van der Waals surface area contributed by atoms with Crippen molar-refractivity contribution in [3.8, 4) is 0 Å². The van der Waals surface area contributed by atoms with Crippen molar-refractivity contribution in [1.82, 2.24) is 4.90 Å². The molecule has 0 spiro atoms. The Labute approximate surface area is 183 Å². The van der Waals surface area contributed by atoms with Gasteiger partial charge in [0.25, 0.3) is 5.91 Å². The summed E-state index contributed by atoms with van der Waals surface area (Å²) in [5.74, 6) is -2.05. The number of carbonyl (C=O) groups is 2. The maximum absolute atomic E-state index is 13.3. The third-order valence-corrected chi connectivity index (χ3v) is 5.51. The molecule has 7 heteroatoms. The third kappa shape index (κ3) is 3.70. The molecule has 1 atom stereocenters. The highest BCUT2D eigenvalue weighted by Gasteiger charge is 2.45. The van der Waals surface area contributed by atoms with E-state index in [2.05, 4.69) is 4.98 Å². The summed E-state index contributed by atoms with van der Waals surface area (Å²) < 4.78 is 0. The molecule has 0 radical (unpaired) electrons. The number of Topliss-reactive ketones (excluding diaryl/α,β-unsaturated/α-hetero) is 1. The fraction of sp³-hybridized carbons (Fsp3) is 0.0870. The molecular weight excluding hydrogens is 423 g/mol. The van der Waals surface area contributed by atoms with E-state index in [-0.39, 0.29) is 17.1 Å². The molecule has 0 saturated carbocycles. The second-order valence-electron chi connectivity index (χ2n) is 6.85. The lowest BCUT2D eigenvalue weighted by molar-refractivity contribution is -0.378. The molecule has 1 aliphatic heterocycles. The Balaban J connectivity index is 1.90. The number of ketones is 1. The lowest BCUT2D eigenvalue weighted by Crippen LogP contribution is -2.29. The van der Waals surface area contributed by atoms with Gasteiger partial charge in [-0.25, -0.2) is 4.98 Å². The van der Waals surface area contributed by atoms with Gasteiger partial charge in [0.2, 0.25) is 5.78 Å². The molecular formula is C23H16Cl2N2O3. The Morgan fingerprint density at radius 1 is 1.03 bits per heavy atom. The van der Waals surface area contributed by atoms with Gasteiger partial charge in [0.1, 0.15) is 0 Å². The van der Waals surface area contributed by atoms with Crippen LogP contribution in [0.15, 0.2) is 78.6 Å². The Hall–Kier alpha value is -3.15. The van der Waals surface area contributed by atoms with Gasteiger partial charge in [-0.3, -0.25) is 9.59 Å². The molecule has 1 amide bonds. The van der Waals surface area contributed by atoms with E-state index >= 15 is 0 Å². The van der Waals surface area contributed by atoms with E-state index in [0.29, 0.717) is 16.1 Å². The van der Waals surface area contributed by atoms with Crippen molar-refractivity contribution >= 4 is 40.7 Å². The summed E-state index contributed by atoms with van der Waals surface area (Å²) >= 11 is 12.5. The zero-order chi connectivity index (χ0) is 21.3. The molecule has 5 nitrogen and oxygen atoms in total. The number of carbonyl (C=O) groups excluding carboxylic acids is 2. The van der Waals surface area contributed by atoms with Gasteiger partial charge in [-0.15, -0.1) is 0 Å². The number of halogens is 2. The Morgan fingerprint density at radius 2 is 1.80 bits per heavy atom.